The summed E-state index contributed by atoms with van der Waals surface area (Å²) in [4.78, 5) is 19.6. The highest BCUT2D eigenvalue weighted by Crippen LogP contribution is 2.28. The number of thiophene rings is 1. The van der Waals surface area contributed by atoms with E-state index < -0.39 is 0 Å². The Balaban J connectivity index is 1.52. The molecule has 0 fully saturated rings. The third kappa shape index (κ3) is 4.37. The maximum absolute atomic E-state index is 12.5. The van der Waals surface area contributed by atoms with Crippen LogP contribution in [0.15, 0.2) is 47.2 Å². The first kappa shape index (κ1) is 17.4. The summed E-state index contributed by atoms with van der Waals surface area (Å²) in [7, 11) is 3.38. The van der Waals surface area contributed by atoms with Crippen LogP contribution in [0, 0.1) is 0 Å². The summed E-state index contributed by atoms with van der Waals surface area (Å²) in [6.07, 6.45) is 0. The van der Waals surface area contributed by atoms with Gasteiger partial charge in [0.25, 0.3) is 5.91 Å². The minimum absolute atomic E-state index is 0.0996. The molecule has 0 N–H and O–H groups in total. The highest BCUT2D eigenvalue weighted by Gasteiger charge is 2.16. The number of carbonyl (C=O) groups is 1. The minimum atomic E-state index is -0.0996. The van der Waals surface area contributed by atoms with Gasteiger partial charge >= 0.3 is 0 Å². The van der Waals surface area contributed by atoms with E-state index in [0.717, 1.165) is 21.4 Å². The molecule has 0 aliphatic heterocycles. The average Bonchev–Trinajstić information content (AvgIpc) is 3.33. The van der Waals surface area contributed by atoms with Gasteiger partial charge in [0.05, 0.1) is 18.5 Å². The smallest absolute Gasteiger partial charge is 0.273 e. The van der Waals surface area contributed by atoms with Crippen LogP contribution >= 0.6 is 22.7 Å². The zero-order valence-electron chi connectivity index (χ0n) is 14.0. The van der Waals surface area contributed by atoms with Crippen molar-refractivity contribution in [3.8, 4) is 21.4 Å². The Morgan fingerprint density at radius 1 is 1.16 bits per heavy atom. The highest BCUT2D eigenvalue weighted by molar-refractivity contribution is 7.20. The van der Waals surface area contributed by atoms with E-state index in [1.54, 1.807) is 35.8 Å². The van der Waals surface area contributed by atoms with Crippen molar-refractivity contribution in [2.24, 2.45) is 0 Å². The Hall–Kier alpha value is -2.38. The maximum atomic E-state index is 12.5. The van der Waals surface area contributed by atoms with Crippen LogP contribution < -0.4 is 9.47 Å². The van der Waals surface area contributed by atoms with E-state index in [1.165, 1.54) is 11.3 Å². The largest absolute Gasteiger partial charge is 0.497 e. The third-order valence-electron chi connectivity index (χ3n) is 3.56. The van der Waals surface area contributed by atoms with Crippen molar-refractivity contribution in [2.75, 3.05) is 27.3 Å². The van der Waals surface area contributed by atoms with Crippen LogP contribution in [0.25, 0.3) is 9.88 Å². The molecule has 3 rings (SSSR count). The van der Waals surface area contributed by atoms with Gasteiger partial charge < -0.3 is 14.4 Å². The summed E-state index contributed by atoms with van der Waals surface area (Å²) >= 11 is 3.10. The average molecular weight is 374 g/mol. The van der Waals surface area contributed by atoms with Gasteiger partial charge in [-0.25, -0.2) is 4.98 Å². The molecule has 0 aliphatic rings. The van der Waals surface area contributed by atoms with Gasteiger partial charge in [0.15, 0.2) is 0 Å². The van der Waals surface area contributed by atoms with E-state index in [-0.39, 0.29) is 5.91 Å². The van der Waals surface area contributed by atoms with Crippen LogP contribution in [0.3, 0.4) is 0 Å². The summed E-state index contributed by atoms with van der Waals surface area (Å²) in [6.45, 7) is 0.896. The van der Waals surface area contributed by atoms with Crippen LogP contribution in [0.5, 0.6) is 11.5 Å². The molecule has 0 radical (unpaired) electrons. The Bertz CT molecular complexity index is 813. The number of hydrogen-bond donors (Lipinski definition) is 0. The summed E-state index contributed by atoms with van der Waals surface area (Å²) in [6, 6.07) is 11.3. The zero-order valence-corrected chi connectivity index (χ0v) is 15.6. The normalized spacial score (nSPS) is 10.5. The molecule has 1 aromatic carbocycles. The van der Waals surface area contributed by atoms with Gasteiger partial charge in [-0.05, 0) is 35.7 Å². The molecule has 0 bridgehead atoms. The Labute approximate surface area is 154 Å². The lowest BCUT2D eigenvalue weighted by atomic mass is 10.3. The second-order valence-electron chi connectivity index (χ2n) is 5.27. The summed E-state index contributed by atoms with van der Waals surface area (Å²) in [5.41, 5.74) is 0.473. The molecule has 3 aromatic rings. The standard InChI is InChI=1S/C18H18N2O3S2/c1-20(9-10-23-14-7-5-13(22-2)6-8-14)18(21)15-12-25-17(19-15)16-4-3-11-24-16/h3-8,11-12H,9-10H2,1-2H3. The van der Waals surface area contributed by atoms with Crippen molar-refractivity contribution in [1.29, 1.82) is 0 Å². The van der Waals surface area contributed by atoms with Gasteiger partial charge in [-0.2, -0.15) is 0 Å². The fourth-order valence-electron chi connectivity index (χ4n) is 2.15. The lowest BCUT2D eigenvalue weighted by Crippen LogP contribution is -2.31. The highest BCUT2D eigenvalue weighted by atomic mass is 32.1. The Morgan fingerprint density at radius 2 is 1.92 bits per heavy atom. The number of ether oxygens (including phenoxy) is 2. The predicted octanol–water partition coefficient (Wildman–Crippen LogP) is 4.03. The summed E-state index contributed by atoms with van der Waals surface area (Å²) in [5.74, 6) is 1.43. The van der Waals surface area contributed by atoms with Gasteiger partial charge in [0.2, 0.25) is 0 Å². The zero-order chi connectivity index (χ0) is 17.6. The van der Waals surface area contributed by atoms with Gasteiger partial charge in [0, 0.05) is 12.4 Å². The van der Waals surface area contributed by atoms with Crippen LogP contribution in [0.2, 0.25) is 0 Å². The molecule has 0 aliphatic carbocycles. The van der Waals surface area contributed by atoms with Crippen molar-refractivity contribution in [2.45, 2.75) is 0 Å². The van der Waals surface area contributed by atoms with Crippen molar-refractivity contribution >= 4 is 28.6 Å². The second-order valence-corrected chi connectivity index (χ2v) is 7.07. The number of rotatable bonds is 7. The van der Waals surface area contributed by atoms with Gasteiger partial charge in [0.1, 0.15) is 28.8 Å². The fraction of sp³-hybridized carbons (Fsp3) is 0.222. The van der Waals surface area contributed by atoms with E-state index in [0.29, 0.717) is 18.8 Å². The lowest BCUT2D eigenvalue weighted by molar-refractivity contribution is 0.0769. The van der Waals surface area contributed by atoms with Gasteiger partial charge in [-0.1, -0.05) is 6.07 Å². The number of aromatic nitrogens is 1. The van der Waals surface area contributed by atoms with Crippen molar-refractivity contribution in [1.82, 2.24) is 9.88 Å². The first-order chi connectivity index (χ1) is 12.2. The molecule has 7 heteroatoms. The summed E-state index contributed by atoms with van der Waals surface area (Å²) < 4.78 is 10.8. The van der Waals surface area contributed by atoms with Crippen molar-refractivity contribution in [3.05, 3.63) is 52.9 Å². The van der Waals surface area contributed by atoms with E-state index in [2.05, 4.69) is 4.98 Å². The number of likely N-dealkylation sites (N-methyl/N-ethyl adjacent to an activating group) is 1. The number of benzene rings is 1. The minimum Gasteiger partial charge on any atom is -0.497 e. The van der Waals surface area contributed by atoms with Gasteiger partial charge in [-0.15, -0.1) is 22.7 Å². The molecule has 2 heterocycles. The molecule has 0 atom stereocenters. The molecule has 1 amide bonds. The maximum Gasteiger partial charge on any atom is 0.273 e. The molecular weight excluding hydrogens is 356 g/mol. The van der Waals surface area contributed by atoms with Crippen LogP contribution in [0.1, 0.15) is 10.5 Å². The Kier molecular flexibility index (Phi) is 5.67. The van der Waals surface area contributed by atoms with Crippen LogP contribution in [0.4, 0.5) is 0 Å². The van der Waals surface area contributed by atoms with Crippen molar-refractivity contribution < 1.29 is 14.3 Å². The monoisotopic (exact) mass is 374 g/mol. The number of methoxy groups -OCH3 is 1. The second kappa shape index (κ2) is 8.13. The first-order valence-corrected chi connectivity index (χ1v) is 9.45. The van der Waals surface area contributed by atoms with E-state index in [1.807, 2.05) is 41.8 Å². The fourth-order valence-corrected chi connectivity index (χ4v) is 3.76. The lowest BCUT2D eigenvalue weighted by Gasteiger charge is -2.16. The van der Waals surface area contributed by atoms with E-state index in [9.17, 15) is 4.79 Å². The molecule has 0 spiro atoms. The number of hydrogen-bond acceptors (Lipinski definition) is 6. The van der Waals surface area contributed by atoms with Crippen LogP contribution in [-0.2, 0) is 0 Å². The molecule has 5 nitrogen and oxygen atoms in total. The van der Waals surface area contributed by atoms with Gasteiger partial charge in [-0.3, -0.25) is 4.79 Å². The first-order valence-electron chi connectivity index (χ1n) is 7.69. The Morgan fingerprint density at radius 3 is 2.60 bits per heavy atom. The predicted molar refractivity (Wildman–Crippen MR) is 101 cm³/mol. The number of thiazole rings is 1. The number of carbonyl (C=O) groups excluding carboxylic acids is 1. The molecule has 25 heavy (non-hydrogen) atoms. The molecule has 0 unspecified atom stereocenters. The van der Waals surface area contributed by atoms with E-state index in [4.69, 9.17) is 9.47 Å². The molecule has 0 saturated heterocycles. The summed E-state index contributed by atoms with van der Waals surface area (Å²) in [5, 5.41) is 4.68. The van der Waals surface area contributed by atoms with E-state index >= 15 is 0 Å². The molecule has 0 saturated carbocycles. The quantitative estimate of drug-likeness (QED) is 0.626. The SMILES string of the molecule is COc1ccc(OCCN(C)C(=O)c2csc(-c3cccs3)n2)cc1. The number of nitrogens with zero attached hydrogens (tertiary/aromatic N) is 2. The molecule has 130 valence electrons. The van der Waals surface area contributed by atoms with Crippen molar-refractivity contribution in [3.63, 3.8) is 0 Å². The molecule has 2 aromatic heterocycles. The number of amides is 1. The third-order valence-corrected chi connectivity index (χ3v) is 5.44. The topological polar surface area (TPSA) is 51.7 Å². The molecular formula is C18H18N2O3S2. The van der Waals surface area contributed by atoms with Crippen LogP contribution in [-0.4, -0.2) is 43.1 Å².